The Labute approximate surface area is 89.0 Å². The van der Waals surface area contributed by atoms with Gasteiger partial charge in [-0.1, -0.05) is 20.8 Å². The topological polar surface area (TPSA) is 18.5 Å². The van der Waals surface area contributed by atoms with Gasteiger partial charge >= 0.3 is 0 Å². The molecule has 0 radical (unpaired) electrons. The van der Waals surface area contributed by atoms with Crippen LogP contribution in [0.15, 0.2) is 0 Å². The van der Waals surface area contributed by atoms with Crippen molar-refractivity contribution in [3.05, 3.63) is 0 Å². The van der Waals surface area contributed by atoms with Gasteiger partial charge in [-0.15, -0.1) is 0 Å². The number of ether oxygens (including phenoxy) is 2. The van der Waals surface area contributed by atoms with E-state index in [4.69, 9.17) is 9.47 Å². The number of hydrogen-bond acceptors (Lipinski definition) is 2. The standard InChI is InChI=1S/C12H26O2/c1-6-9-13-10-11(7-2)14-12(4,5)8-3/h11H,6-10H2,1-5H3. The second-order valence-electron chi connectivity index (χ2n) is 4.34. The fourth-order valence-corrected chi connectivity index (χ4v) is 1.13. The minimum Gasteiger partial charge on any atom is -0.379 e. The van der Waals surface area contributed by atoms with Crippen molar-refractivity contribution in [2.75, 3.05) is 13.2 Å². The fourth-order valence-electron chi connectivity index (χ4n) is 1.13. The highest BCUT2D eigenvalue weighted by molar-refractivity contribution is 4.69. The van der Waals surface area contributed by atoms with Crippen molar-refractivity contribution < 1.29 is 9.47 Å². The quantitative estimate of drug-likeness (QED) is 0.562. The Morgan fingerprint density at radius 3 is 2.21 bits per heavy atom. The van der Waals surface area contributed by atoms with Crippen LogP contribution in [0.3, 0.4) is 0 Å². The molecule has 0 bridgehead atoms. The van der Waals surface area contributed by atoms with Crippen LogP contribution in [-0.2, 0) is 9.47 Å². The first-order chi connectivity index (χ1) is 6.55. The third-order valence-electron chi connectivity index (χ3n) is 2.44. The molecule has 0 rings (SSSR count). The second-order valence-corrected chi connectivity index (χ2v) is 4.34. The summed E-state index contributed by atoms with van der Waals surface area (Å²) in [6.07, 6.45) is 3.38. The van der Waals surface area contributed by atoms with E-state index in [0.29, 0.717) is 0 Å². The van der Waals surface area contributed by atoms with Crippen molar-refractivity contribution in [3.8, 4) is 0 Å². The molecule has 0 saturated carbocycles. The zero-order valence-electron chi connectivity index (χ0n) is 10.4. The van der Waals surface area contributed by atoms with Gasteiger partial charge in [0.1, 0.15) is 0 Å². The molecule has 0 aromatic rings. The second kappa shape index (κ2) is 7.24. The van der Waals surface area contributed by atoms with Gasteiger partial charge in [0.05, 0.1) is 18.3 Å². The lowest BCUT2D eigenvalue weighted by molar-refractivity contribution is -0.104. The maximum atomic E-state index is 5.96. The predicted octanol–water partition coefficient (Wildman–Crippen LogP) is 3.40. The molecule has 0 aliphatic rings. The van der Waals surface area contributed by atoms with Crippen LogP contribution in [0.1, 0.15) is 53.9 Å². The third kappa shape index (κ3) is 6.39. The van der Waals surface area contributed by atoms with Gasteiger partial charge in [-0.25, -0.2) is 0 Å². The minimum absolute atomic E-state index is 0.0176. The first kappa shape index (κ1) is 13.9. The summed E-state index contributed by atoms with van der Waals surface area (Å²) < 4.78 is 11.5. The van der Waals surface area contributed by atoms with E-state index in [1.165, 1.54) is 0 Å². The van der Waals surface area contributed by atoms with Crippen LogP contribution in [0.25, 0.3) is 0 Å². The van der Waals surface area contributed by atoms with Crippen LogP contribution < -0.4 is 0 Å². The molecule has 86 valence electrons. The van der Waals surface area contributed by atoms with Crippen LogP contribution in [0.2, 0.25) is 0 Å². The van der Waals surface area contributed by atoms with E-state index >= 15 is 0 Å². The van der Waals surface area contributed by atoms with Crippen molar-refractivity contribution in [2.24, 2.45) is 0 Å². The molecule has 0 aromatic heterocycles. The summed E-state index contributed by atoms with van der Waals surface area (Å²) >= 11 is 0. The van der Waals surface area contributed by atoms with Crippen molar-refractivity contribution in [2.45, 2.75) is 65.6 Å². The summed E-state index contributed by atoms with van der Waals surface area (Å²) in [5.41, 5.74) is -0.0176. The van der Waals surface area contributed by atoms with Crippen molar-refractivity contribution in [1.82, 2.24) is 0 Å². The van der Waals surface area contributed by atoms with Gasteiger partial charge in [-0.05, 0) is 33.1 Å². The average molecular weight is 202 g/mol. The molecule has 0 N–H and O–H groups in total. The van der Waals surface area contributed by atoms with Gasteiger partial charge in [0, 0.05) is 6.61 Å². The van der Waals surface area contributed by atoms with Crippen LogP contribution in [0.5, 0.6) is 0 Å². The Morgan fingerprint density at radius 2 is 1.79 bits per heavy atom. The Balaban J connectivity index is 3.78. The van der Waals surface area contributed by atoms with Crippen LogP contribution in [0, 0.1) is 0 Å². The number of hydrogen-bond donors (Lipinski definition) is 0. The molecule has 0 aliphatic carbocycles. The first-order valence-electron chi connectivity index (χ1n) is 5.81. The van der Waals surface area contributed by atoms with Crippen molar-refractivity contribution in [3.63, 3.8) is 0 Å². The molecule has 0 fully saturated rings. The lowest BCUT2D eigenvalue weighted by Gasteiger charge is -2.29. The molecule has 0 heterocycles. The van der Waals surface area contributed by atoms with Gasteiger partial charge in [-0.3, -0.25) is 0 Å². The summed E-state index contributed by atoms with van der Waals surface area (Å²) in [5, 5.41) is 0. The lowest BCUT2D eigenvalue weighted by atomic mass is 10.1. The van der Waals surface area contributed by atoms with Gasteiger partial charge in [0.2, 0.25) is 0 Å². The summed E-state index contributed by atoms with van der Waals surface area (Å²) in [7, 11) is 0. The Bertz CT molecular complexity index is 132. The molecule has 2 nitrogen and oxygen atoms in total. The predicted molar refractivity (Wildman–Crippen MR) is 60.6 cm³/mol. The van der Waals surface area contributed by atoms with E-state index < -0.39 is 0 Å². The van der Waals surface area contributed by atoms with Crippen molar-refractivity contribution >= 4 is 0 Å². The Morgan fingerprint density at radius 1 is 1.14 bits per heavy atom. The van der Waals surface area contributed by atoms with Crippen LogP contribution in [0.4, 0.5) is 0 Å². The summed E-state index contributed by atoms with van der Waals surface area (Å²) in [5.74, 6) is 0. The third-order valence-corrected chi connectivity index (χ3v) is 2.44. The highest BCUT2D eigenvalue weighted by Crippen LogP contribution is 2.17. The maximum Gasteiger partial charge on any atom is 0.0813 e. The van der Waals surface area contributed by atoms with Gasteiger partial charge < -0.3 is 9.47 Å². The smallest absolute Gasteiger partial charge is 0.0813 e. The lowest BCUT2D eigenvalue weighted by Crippen LogP contribution is -2.32. The molecule has 0 aliphatic heterocycles. The van der Waals surface area contributed by atoms with Crippen molar-refractivity contribution in [1.29, 1.82) is 0 Å². The summed E-state index contributed by atoms with van der Waals surface area (Å²) in [4.78, 5) is 0. The Kier molecular flexibility index (Phi) is 7.20. The monoisotopic (exact) mass is 202 g/mol. The van der Waals surface area contributed by atoms with E-state index in [-0.39, 0.29) is 11.7 Å². The molecule has 0 spiro atoms. The maximum absolute atomic E-state index is 5.96. The van der Waals surface area contributed by atoms with E-state index in [9.17, 15) is 0 Å². The molecule has 1 unspecified atom stereocenters. The molecule has 0 amide bonds. The van der Waals surface area contributed by atoms with E-state index in [1.807, 2.05) is 0 Å². The molecule has 0 saturated heterocycles. The fraction of sp³-hybridized carbons (Fsp3) is 1.00. The van der Waals surface area contributed by atoms with E-state index in [1.54, 1.807) is 0 Å². The summed E-state index contributed by atoms with van der Waals surface area (Å²) in [6, 6.07) is 0. The highest BCUT2D eigenvalue weighted by Gasteiger charge is 2.20. The van der Waals surface area contributed by atoms with Crippen LogP contribution >= 0.6 is 0 Å². The van der Waals surface area contributed by atoms with Gasteiger partial charge in [-0.2, -0.15) is 0 Å². The zero-order valence-corrected chi connectivity index (χ0v) is 10.4. The number of rotatable bonds is 8. The average Bonchev–Trinajstić information content (AvgIpc) is 2.16. The first-order valence-corrected chi connectivity index (χ1v) is 5.81. The van der Waals surface area contributed by atoms with Gasteiger partial charge in [0.25, 0.3) is 0 Å². The molecular formula is C12H26O2. The van der Waals surface area contributed by atoms with E-state index in [2.05, 4.69) is 34.6 Å². The minimum atomic E-state index is -0.0176. The SMILES string of the molecule is CCCOCC(CC)OC(C)(C)CC. The summed E-state index contributed by atoms with van der Waals surface area (Å²) in [6.45, 7) is 12.3. The highest BCUT2D eigenvalue weighted by atomic mass is 16.5. The largest absolute Gasteiger partial charge is 0.379 e. The molecule has 2 heteroatoms. The molecule has 14 heavy (non-hydrogen) atoms. The van der Waals surface area contributed by atoms with Crippen LogP contribution in [-0.4, -0.2) is 24.9 Å². The normalized spacial score (nSPS) is 14.4. The zero-order chi connectivity index (χ0) is 11.0. The molecular weight excluding hydrogens is 176 g/mol. The van der Waals surface area contributed by atoms with Gasteiger partial charge in [0.15, 0.2) is 0 Å². The molecule has 0 aromatic carbocycles. The Hall–Kier alpha value is -0.0800. The van der Waals surface area contributed by atoms with E-state index in [0.717, 1.165) is 32.5 Å². The molecule has 1 atom stereocenters.